The molecule has 1 aromatic carbocycles. The van der Waals surface area contributed by atoms with Crippen LogP contribution in [0.3, 0.4) is 0 Å². The third-order valence-corrected chi connectivity index (χ3v) is 2.29. The first-order chi connectivity index (χ1) is 7.18. The van der Waals surface area contributed by atoms with Crippen molar-refractivity contribution in [3.05, 3.63) is 41.1 Å². The van der Waals surface area contributed by atoms with Gasteiger partial charge in [-0.05, 0) is 12.1 Å². The van der Waals surface area contributed by atoms with Gasteiger partial charge < -0.3 is 15.2 Å². The van der Waals surface area contributed by atoms with Crippen molar-refractivity contribution in [2.45, 2.75) is 6.29 Å². The molecule has 2 N–H and O–H groups in total. The van der Waals surface area contributed by atoms with Gasteiger partial charge >= 0.3 is 5.97 Å². The van der Waals surface area contributed by atoms with Crippen molar-refractivity contribution in [1.29, 1.82) is 0 Å². The van der Waals surface area contributed by atoms with E-state index in [-0.39, 0.29) is 10.7 Å². The standard InChI is InChI=1S/C10H8ClNO3/c11-7-8(10(14)15-9(7)13)12-6-4-2-1-3-5-6/h1-5,10,12,14H. The Labute approximate surface area is 91.1 Å². The summed E-state index contributed by atoms with van der Waals surface area (Å²) in [6.07, 6.45) is -1.31. The summed E-state index contributed by atoms with van der Waals surface area (Å²) >= 11 is 5.66. The summed E-state index contributed by atoms with van der Waals surface area (Å²) in [6.45, 7) is 0. The first-order valence-corrected chi connectivity index (χ1v) is 4.67. The zero-order chi connectivity index (χ0) is 10.8. The van der Waals surface area contributed by atoms with E-state index in [4.69, 9.17) is 11.6 Å². The summed E-state index contributed by atoms with van der Waals surface area (Å²) in [5.74, 6) is -0.720. The molecule has 5 heteroatoms. The van der Waals surface area contributed by atoms with E-state index in [2.05, 4.69) is 10.1 Å². The van der Waals surface area contributed by atoms with Crippen molar-refractivity contribution < 1.29 is 14.6 Å². The van der Waals surface area contributed by atoms with E-state index in [0.29, 0.717) is 0 Å². The summed E-state index contributed by atoms with van der Waals surface area (Å²) in [5, 5.41) is 12.0. The molecule has 1 atom stereocenters. The molecular weight excluding hydrogens is 218 g/mol. The second-order valence-electron chi connectivity index (χ2n) is 2.98. The number of aliphatic hydroxyl groups is 1. The molecule has 0 bridgehead atoms. The molecule has 0 aliphatic carbocycles. The number of hydrogen-bond acceptors (Lipinski definition) is 4. The summed E-state index contributed by atoms with van der Waals surface area (Å²) < 4.78 is 4.51. The maximum atomic E-state index is 11.0. The number of nitrogens with one attached hydrogen (secondary N) is 1. The Bertz CT molecular complexity index is 416. The van der Waals surface area contributed by atoms with Gasteiger partial charge in [0.15, 0.2) is 5.03 Å². The van der Waals surface area contributed by atoms with E-state index in [1.165, 1.54) is 0 Å². The number of halogens is 1. The third-order valence-electron chi connectivity index (χ3n) is 1.93. The lowest BCUT2D eigenvalue weighted by Gasteiger charge is -2.09. The molecule has 0 spiro atoms. The van der Waals surface area contributed by atoms with Crippen LogP contribution in [-0.4, -0.2) is 17.4 Å². The van der Waals surface area contributed by atoms with Crippen LogP contribution in [0.2, 0.25) is 0 Å². The third kappa shape index (κ3) is 1.95. The Kier molecular flexibility index (Phi) is 2.62. The maximum absolute atomic E-state index is 11.0. The highest BCUT2D eigenvalue weighted by Crippen LogP contribution is 2.25. The van der Waals surface area contributed by atoms with E-state index in [1.54, 1.807) is 12.1 Å². The van der Waals surface area contributed by atoms with Gasteiger partial charge in [0.2, 0.25) is 6.29 Å². The van der Waals surface area contributed by atoms with Crippen LogP contribution in [0.15, 0.2) is 41.1 Å². The largest absolute Gasteiger partial charge is 0.425 e. The minimum absolute atomic E-state index is 0.119. The highest BCUT2D eigenvalue weighted by Gasteiger charge is 2.31. The number of anilines is 1. The van der Waals surface area contributed by atoms with Crippen molar-refractivity contribution in [2.75, 3.05) is 5.32 Å². The number of para-hydroxylation sites is 1. The average molecular weight is 226 g/mol. The lowest BCUT2D eigenvalue weighted by Crippen LogP contribution is -2.15. The monoisotopic (exact) mass is 225 g/mol. The molecule has 2 rings (SSSR count). The second kappa shape index (κ2) is 3.92. The Morgan fingerprint density at radius 3 is 2.53 bits per heavy atom. The van der Waals surface area contributed by atoms with E-state index in [9.17, 15) is 9.90 Å². The normalized spacial score (nSPS) is 20.4. The van der Waals surface area contributed by atoms with Gasteiger partial charge in [0.05, 0.1) is 0 Å². The van der Waals surface area contributed by atoms with Gasteiger partial charge in [-0.25, -0.2) is 4.79 Å². The molecule has 1 aliphatic heterocycles. The number of hydrogen-bond donors (Lipinski definition) is 2. The van der Waals surface area contributed by atoms with Gasteiger partial charge in [0, 0.05) is 5.69 Å². The average Bonchev–Trinajstić information content (AvgIpc) is 2.47. The van der Waals surface area contributed by atoms with Crippen LogP contribution in [0, 0.1) is 0 Å². The number of benzene rings is 1. The summed E-state index contributed by atoms with van der Waals surface area (Å²) in [6, 6.07) is 9.06. The van der Waals surface area contributed by atoms with Crippen LogP contribution in [0.4, 0.5) is 5.69 Å². The molecule has 0 aromatic heterocycles. The Balaban J connectivity index is 2.23. The van der Waals surface area contributed by atoms with Gasteiger partial charge in [-0.3, -0.25) is 0 Å². The zero-order valence-electron chi connectivity index (χ0n) is 7.61. The number of carbonyl (C=O) groups excluding carboxylic acids is 1. The molecule has 1 aromatic rings. The lowest BCUT2D eigenvalue weighted by molar-refractivity contribution is -0.151. The summed E-state index contributed by atoms with van der Waals surface area (Å²) in [5.41, 5.74) is 0.899. The van der Waals surface area contributed by atoms with Crippen LogP contribution < -0.4 is 5.32 Å². The lowest BCUT2D eigenvalue weighted by atomic mass is 10.3. The Morgan fingerprint density at radius 2 is 2.00 bits per heavy atom. The number of aliphatic hydroxyl groups excluding tert-OH is 1. The summed E-state index contributed by atoms with van der Waals surface area (Å²) in [7, 11) is 0. The fraction of sp³-hybridized carbons (Fsp3) is 0.100. The zero-order valence-corrected chi connectivity index (χ0v) is 8.36. The molecule has 0 saturated carbocycles. The highest BCUT2D eigenvalue weighted by molar-refractivity contribution is 6.42. The van der Waals surface area contributed by atoms with Gasteiger partial charge in [-0.2, -0.15) is 0 Å². The number of carbonyl (C=O) groups is 1. The van der Waals surface area contributed by atoms with Crippen molar-refractivity contribution >= 4 is 23.3 Å². The molecule has 0 amide bonds. The van der Waals surface area contributed by atoms with Crippen LogP contribution in [0.1, 0.15) is 0 Å². The Hall–Kier alpha value is -1.52. The van der Waals surface area contributed by atoms with Gasteiger partial charge in [-0.15, -0.1) is 0 Å². The van der Waals surface area contributed by atoms with E-state index < -0.39 is 12.3 Å². The molecule has 4 nitrogen and oxygen atoms in total. The summed E-state index contributed by atoms with van der Waals surface area (Å²) in [4.78, 5) is 11.0. The minimum atomic E-state index is -1.31. The van der Waals surface area contributed by atoms with Crippen molar-refractivity contribution in [3.8, 4) is 0 Å². The van der Waals surface area contributed by atoms with Crippen LogP contribution >= 0.6 is 11.6 Å². The molecule has 0 fully saturated rings. The van der Waals surface area contributed by atoms with Gasteiger partial charge in [-0.1, -0.05) is 29.8 Å². The van der Waals surface area contributed by atoms with Gasteiger partial charge in [0.25, 0.3) is 0 Å². The predicted octanol–water partition coefficient (Wildman–Crippen LogP) is 1.42. The topological polar surface area (TPSA) is 58.6 Å². The number of rotatable bonds is 2. The fourth-order valence-electron chi connectivity index (χ4n) is 1.22. The molecule has 0 saturated heterocycles. The van der Waals surface area contributed by atoms with E-state index in [1.807, 2.05) is 18.2 Å². The first kappa shape index (κ1) is 10.0. The molecule has 1 heterocycles. The molecule has 1 aliphatic rings. The molecular formula is C10H8ClNO3. The molecule has 15 heavy (non-hydrogen) atoms. The SMILES string of the molecule is O=C1OC(O)C(Nc2ccccc2)=C1Cl. The van der Waals surface area contributed by atoms with Crippen molar-refractivity contribution in [2.24, 2.45) is 0 Å². The second-order valence-corrected chi connectivity index (χ2v) is 3.35. The number of cyclic esters (lactones) is 1. The smallest absolute Gasteiger partial charge is 0.354 e. The number of ether oxygens (including phenoxy) is 1. The molecule has 78 valence electrons. The predicted molar refractivity (Wildman–Crippen MR) is 55.0 cm³/mol. The van der Waals surface area contributed by atoms with Gasteiger partial charge in [0.1, 0.15) is 5.70 Å². The molecule has 1 unspecified atom stereocenters. The molecule has 0 radical (unpaired) electrons. The van der Waals surface area contributed by atoms with E-state index in [0.717, 1.165) is 5.69 Å². The van der Waals surface area contributed by atoms with Crippen LogP contribution in [0.5, 0.6) is 0 Å². The van der Waals surface area contributed by atoms with Crippen molar-refractivity contribution in [1.82, 2.24) is 0 Å². The highest BCUT2D eigenvalue weighted by atomic mass is 35.5. The van der Waals surface area contributed by atoms with Crippen LogP contribution in [0.25, 0.3) is 0 Å². The first-order valence-electron chi connectivity index (χ1n) is 4.29. The van der Waals surface area contributed by atoms with Crippen LogP contribution in [-0.2, 0) is 9.53 Å². The number of esters is 1. The Morgan fingerprint density at radius 1 is 1.33 bits per heavy atom. The van der Waals surface area contributed by atoms with E-state index >= 15 is 0 Å². The quantitative estimate of drug-likeness (QED) is 0.748. The minimum Gasteiger partial charge on any atom is -0.425 e. The fourth-order valence-corrected chi connectivity index (χ4v) is 1.41. The maximum Gasteiger partial charge on any atom is 0.354 e. The van der Waals surface area contributed by atoms with Crippen molar-refractivity contribution in [3.63, 3.8) is 0 Å².